The first-order valence-corrected chi connectivity index (χ1v) is 7.54. The minimum absolute atomic E-state index is 0.0561. The number of amides is 1. The van der Waals surface area contributed by atoms with Crippen molar-refractivity contribution in [1.82, 2.24) is 5.32 Å². The van der Waals surface area contributed by atoms with E-state index in [1.807, 2.05) is 38.1 Å². The number of hydrogen-bond donors (Lipinski definition) is 1. The van der Waals surface area contributed by atoms with Crippen LogP contribution in [0.4, 0.5) is 0 Å². The highest BCUT2D eigenvalue weighted by Crippen LogP contribution is 2.25. The molecule has 0 aromatic heterocycles. The number of nitrogens with one attached hydrogen (secondary N) is 1. The Morgan fingerprint density at radius 2 is 1.64 bits per heavy atom. The van der Waals surface area contributed by atoms with Crippen molar-refractivity contribution in [2.75, 3.05) is 13.2 Å². The fourth-order valence-corrected chi connectivity index (χ4v) is 2.39. The quantitative estimate of drug-likeness (QED) is 0.854. The van der Waals surface area contributed by atoms with Crippen LogP contribution in [0.1, 0.15) is 32.6 Å². The van der Waals surface area contributed by atoms with Crippen LogP contribution in [0, 0.1) is 27.7 Å². The molecule has 2 aromatic rings. The van der Waals surface area contributed by atoms with Gasteiger partial charge in [0, 0.05) is 5.56 Å². The Hall–Kier alpha value is -2.29. The van der Waals surface area contributed by atoms with Crippen LogP contribution in [0.15, 0.2) is 36.4 Å². The number of ether oxygens (including phenoxy) is 1. The fourth-order valence-electron chi connectivity index (χ4n) is 2.39. The Bertz CT molecular complexity index is 677. The first kappa shape index (κ1) is 16.1. The molecule has 0 aliphatic heterocycles. The van der Waals surface area contributed by atoms with E-state index in [9.17, 15) is 4.79 Å². The summed E-state index contributed by atoms with van der Waals surface area (Å²) in [5.74, 6) is 0.865. The molecule has 0 unspecified atom stereocenters. The van der Waals surface area contributed by atoms with Crippen LogP contribution in [0.25, 0.3) is 0 Å². The lowest BCUT2D eigenvalue weighted by atomic mass is 10.1. The summed E-state index contributed by atoms with van der Waals surface area (Å²) >= 11 is 0. The second-order valence-electron chi connectivity index (χ2n) is 5.57. The highest BCUT2D eigenvalue weighted by molar-refractivity contribution is 5.95. The molecule has 3 nitrogen and oxygen atoms in total. The molecular weight excluding hydrogens is 274 g/mol. The molecule has 0 atom stereocenters. The van der Waals surface area contributed by atoms with Gasteiger partial charge < -0.3 is 10.1 Å². The molecule has 0 aliphatic rings. The summed E-state index contributed by atoms with van der Waals surface area (Å²) in [6.45, 7) is 9.05. The molecule has 1 N–H and O–H groups in total. The van der Waals surface area contributed by atoms with Crippen molar-refractivity contribution in [3.05, 3.63) is 64.2 Å². The molecule has 0 spiro atoms. The predicted octanol–water partition coefficient (Wildman–Crippen LogP) is 3.73. The number of carbonyl (C=O) groups excluding carboxylic acids is 1. The molecule has 22 heavy (non-hydrogen) atoms. The summed E-state index contributed by atoms with van der Waals surface area (Å²) in [5.41, 5.74) is 5.18. The molecule has 2 rings (SSSR count). The molecule has 0 bridgehead atoms. The Balaban J connectivity index is 1.89. The average Bonchev–Trinajstić information content (AvgIpc) is 2.50. The van der Waals surface area contributed by atoms with Gasteiger partial charge in [-0.15, -0.1) is 0 Å². The second kappa shape index (κ2) is 7.12. The van der Waals surface area contributed by atoms with Crippen LogP contribution in [-0.4, -0.2) is 19.1 Å². The zero-order valence-corrected chi connectivity index (χ0v) is 13.7. The smallest absolute Gasteiger partial charge is 0.251 e. The standard InChI is InChI=1S/C19H23NO2/c1-13-9-10-15(3)18(16(13)4)22-12-11-20-19(21)17-8-6-5-7-14(17)2/h5-10H,11-12H2,1-4H3,(H,20,21). The van der Waals surface area contributed by atoms with Crippen molar-refractivity contribution < 1.29 is 9.53 Å². The minimum Gasteiger partial charge on any atom is -0.491 e. The number of aryl methyl sites for hydroxylation is 3. The normalized spacial score (nSPS) is 10.4. The molecule has 0 saturated heterocycles. The maximum atomic E-state index is 12.1. The van der Waals surface area contributed by atoms with E-state index in [-0.39, 0.29) is 5.91 Å². The first-order valence-electron chi connectivity index (χ1n) is 7.54. The SMILES string of the molecule is Cc1ccccc1C(=O)NCCOc1c(C)ccc(C)c1C. The van der Waals surface area contributed by atoms with Gasteiger partial charge in [0.25, 0.3) is 5.91 Å². The summed E-state index contributed by atoms with van der Waals surface area (Å²) in [4.78, 5) is 12.1. The highest BCUT2D eigenvalue weighted by atomic mass is 16.5. The molecule has 3 heteroatoms. The number of rotatable bonds is 5. The van der Waals surface area contributed by atoms with Crippen LogP contribution in [0.2, 0.25) is 0 Å². The lowest BCUT2D eigenvalue weighted by Crippen LogP contribution is -2.28. The monoisotopic (exact) mass is 297 g/mol. The molecule has 0 aliphatic carbocycles. The van der Waals surface area contributed by atoms with Crippen molar-refractivity contribution in [3.63, 3.8) is 0 Å². The molecule has 0 radical (unpaired) electrons. The Kier molecular flexibility index (Phi) is 5.21. The topological polar surface area (TPSA) is 38.3 Å². The lowest BCUT2D eigenvalue weighted by molar-refractivity contribution is 0.0946. The summed E-state index contributed by atoms with van der Waals surface area (Å²) in [6.07, 6.45) is 0. The van der Waals surface area contributed by atoms with Gasteiger partial charge in [0.2, 0.25) is 0 Å². The molecule has 0 heterocycles. The molecule has 0 fully saturated rings. The van der Waals surface area contributed by atoms with E-state index in [0.29, 0.717) is 18.7 Å². The van der Waals surface area contributed by atoms with Crippen molar-refractivity contribution in [2.24, 2.45) is 0 Å². The van der Waals surface area contributed by atoms with E-state index in [0.717, 1.165) is 22.4 Å². The summed E-state index contributed by atoms with van der Waals surface area (Å²) in [6, 6.07) is 11.7. The second-order valence-corrected chi connectivity index (χ2v) is 5.57. The molecule has 116 valence electrons. The van der Waals surface area contributed by atoms with Crippen LogP contribution in [0.5, 0.6) is 5.75 Å². The molecule has 1 amide bonds. The van der Waals surface area contributed by atoms with Gasteiger partial charge >= 0.3 is 0 Å². The van der Waals surface area contributed by atoms with Crippen LogP contribution in [-0.2, 0) is 0 Å². The van der Waals surface area contributed by atoms with E-state index >= 15 is 0 Å². The van der Waals surface area contributed by atoms with Crippen LogP contribution in [0.3, 0.4) is 0 Å². The maximum absolute atomic E-state index is 12.1. The van der Waals surface area contributed by atoms with Gasteiger partial charge in [-0.25, -0.2) is 0 Å². The van der Waals surface area contributed by atoms with E-state index in [1.54, 1.807) is 0 Å². The Labute approximate surface area is 132 Å². The van der Waals surface area contributed by atoms with Crippen LogP contribution < -0.4 is 10.1 Å². The van der Waals surface area contributed by atoms with E-state index < -0.39 is 0 Å². The van der Waals surface area contributed by atoms with Crippen molar-refractivity contribution in [1.29, 1.82) is 0 Å². The zero-order chi connectivity index (χ0) is 16.1. The zero-order valence-electron chi connectivity index (χ0n) is 13.7. The summed E-state index contributed by atoms with van der Waals surface area (Å²) in [5, 5.41) is 2.90. The van der Waals surface area contributed by atoms with Crippen molar-refractivity contribution in [2.45, 2.75) is 27.7 Å². The maximum Gasteiger partial charge on any atom is 0.251 e. The van der Waals surface area contributed by atoms with Gasteiger partial charge in [0.1, 0.15) is 12.4 Å². The lowest BCUT2D eigenvalue weighted by Gasteiger charge is -2.14. The van der Waals surface area contributed by atoms with Crippen molar-refractivity contribution in [3.8, 4) is 5.75 Å². The number of hydrogen-bond acceptors (Lipinski definition) is 2. The predicted molar refractivity (Wildman–Crippen MR) is 89.7 cm³/mol. The number of benzene rings is 2. The summed E-state index contributed by atoms with van der Waals surface area (Å²) in [7, 11) is 0. The first-order chi connectivity index (χ1) is 10.5. The third-order valence-electron chi connectivity index (χ3n) is 3.90. The van der Waals surface area contributed by atoms with E-state index in [4.69, 9.17) is 4.74 Å². The Morgan fingerprint density at radius 3 is 2.36 bits per heavy atom. The van der Waals surface area contributed by atoms with Gasteiger partial charge in [0.15, 0.2) is 0 Å². The molecular formula is C19H23NO2. The Morgan fingerprint density at radius 1 is 0.955 bits per heavy atom. The highest BCUT2D eigenvalue weighted by Gasteiger charge is 2.09. The third kappa shape index (κ3) is 3.67. The average molecular weight is 297 g/mol. The largest absolute Gasteiger partial charge is 0.491 e. The van der Waals surface area contributed by atoms with E-state index in [2.05, 4.69) is 31.3 Å². The molecule has 2 aromatic carbocycles. The third-order valence-corrected chi connectivity index (χ3v) is 3.90. The minimum atomic E-state index is -0.0561. The van der Waals surface area contributed by atoms with Gasteiger partial charge in [-0.3, -0.25) is 4.79 Å². The summed E-state index contributed by atoms with van der Waals surface area (Å²) < 4.78 is 5.85. The van der Waals surface area contributed by atoms with Gasteiger partial charge in [-0.05, 0) is 56.0 Å². The molecule has 0 saturated carbocycles. The van der Waals surface area contributed by atoms with Gasteiger partial charge in [0.05, 0.1) is 6.54 Å². The fraction of sp³-hybridized carbons (Fsp3) is 0.316. The van der Waals surface area contributed by atoms with Gasteiger partial charge in [-0.2, -0.15) is 0 Å². The van der Waals surface area contributed by atoms with Crippen molar-refractivity contribution >= 4 is 5.91 Å². The van der Waals surface area contributed by atoms with E-state index in [1.165, 1.54) is 5.56 Å². The number of carbonyl (C=O) groups is 1. The van der Waals surface area contributed by atoms with Gasteiger partial charge in [-0.1, -0.05) is 30.3 Å². The van der Waals surface area contributed by atoms with Crippen LogP contribution >= 0.6 is 0 Å².